The van der Waals surface area contributed by atoms with Gasteiger partial charge < -0.3 is 10.2 Å². The quantitative estimate of drug-likeness (QED) is 0.841. The van der Waals surface area contributed by atoms with Gasteiger partial charge in [0.25, 0.3) is 0 Å². The Morgan fingerprint density at radius 2 is 2.44 bits per heavy atom. The standard InChI is InChI=1S/C14H20N2OS/c1-10-8-11(2-5-15-10)14(17)16-6-3-13-12(9-16)4-7-18-13/h4,7,10-11,15H,2-3,5-6,8-9H2,1H3/t10-,11-/m0/s1. The molecule has 1 saturated heterocycles. The molecule has 2 atom stereocenters. The van der Waals surface area contributed by atoms with Gasteiger partial charge >= 0.3 is 0 Å². The van der Waals surface area contributed by atoms with Crippen LogP contribution in [0.2, 0.25) is 0 Å². The fourth-order valence-electron chi connectivity index (χ4n) is 3.05. The van der Waals surface area contributed by atoms with Crippen molar-refractivity contribution in [3.05, 3.63) is 21.9 Å². The smallest absolute Gasteiger partial charge is 0.226 e. The SMILES string of the molecule is C[C@H]1C[C@@H](C(=O)N2CCc3sccc3C2)CCN1. The molecule has 1 aromatic rings. The highest BCUT2D eigenvalue weighted by Crippen LogP contribution is 2.27. The maximum absolute atomic E-state index is 12.5. The molecule has 2 aliphatic rings. The molecular weight excluding hydrogens is 244 g/mol. The van der Waals surface area contributed by atoms with E-state index in [-0.39, 0.29) is 5.92 Å². The number of rotatable bonds is 1. The van der Waals surface area contributed by atoms with E-state index in [9.17, 15) is 4.79 Å². The first-order chi connectivity index (χ1) is 8.74. The number of thiophene rings is 1. The molecule has 4 heteroatoms. The van der Waals surface area contributed by atoms with Crippen LogP contribution in [-0.2, 0) is 17.8 Å². The molecule has 3 heterocycles. The molecule has 0 bridgehead atoms. The van der Waals surface area contributed by atoms with Crippen LogP contribution in [0.25, 0.3) is 0 Å². The first-order valence-electron chi connectivity index (χ1n) is 6.81. The minimum Gasteiger partial charge on any atom is -0.338 e. The zero-order valence-electron chi connectivity index (χ0n) is 10.8. The molecule has 1 fully saturated rings. The monoisotopic (exact) mass is 264 g/mol. The third-order valence-electron chi connectivity index (χ3n) is 4.09. The molecule has 1 aromatic heterocycles. The molecule has 0 radical (unpaired) electrons. The van der Waals surface area contributed by atoms with E-state index in [1.165, 1.54) is 10.4 Å². The molecule has 3 nitrogen and oxygen atoms in total. The average Bonchev–Trinajstić information content (AvgIpc) is 2.85. The van der Waals surface area contributed by atoms with Crippen molar-refractivity contribution in [2.24, 2.45) is 5.92 Å². The van der Waals surface area contributed by atoms with Crippen LogP contribution in [0.1, 0.15) is 30.2 Å². The molecule has 98 valence electrons. The lowest BCUT2D eigenvalue weighted by Gasteiger charge is -2.34. The van der Waals surface area contributed by atoms with Crippen molar-refractivity contribution < 1.29 is 4.79 Å². The Bertz CT molecular complexity index is 443. The van der Waals surface area contributed by atoms with Crippen LogP contribution in [0.4, 0.5) is 0 Å². The second kappa shape index (κ2) is 5.02. The number of hydrogen-bond acceptors (Lipinski definition) is 3. The van der Waals surface area contributed by atoms with E-state index in [2.05, 4.69) is 28.6 Å². The van der Waals surface area contributed by atoms with Crippen molar-refractivity contribution in [1.29, 1.82) is 0 Å². The van der Waals surface area contributed by atoms with Gasteiger partial charge in [-0.05, 0) is 49.7 Å². The predicted molar refractivity (Wildman–Crippen MR) is 73.6 cm³/mol. The van der Waals surface area contributed by atoms with Gasteiger partial charge in [-0.1, -0.05) is 0 Å². The minimum atomic E-state index is 0.237. The number of piperidine rings is 1. The number of hydrogen-bond donors (Lipinski definition) is 1. The lowest BCUT2D eigenvalue weighted by molar-refractivity contribution is -0.137. The molecule has 0 unspecified atom stereocenters. The highest BCUT2D eigenvalue weighted by molar-refractivity contribution is 7.10. The predicted octanol–water partition coefficient (Wildman–Crippen LogP) is 2.02. The molecule has 1 N–H and O–H groups in total. The summed E-state index contributed by atoms with van der Waals surface area (Å²) in [5, 5.41) is 5.56. The van der Waals surface area contributed by atoms with Gasteiger partial charge in [0.1, 0.15) is 0 Å². The van der Waals surface area contributed by atoms with E-state index in [1.54, 1.807) is 0 Å². The Kier molecular flexibility index (Phi) is 3.39. The molecule has 0 aliphatic carbocycles. The largest absolute Gasteiger partial charge is 0.338 e. The number of amides is 1. The van der Waals surface area contributed by atoms with Gasteiger partial charge in [-0.2, -0.15) is 0 Å². The molecular formula is C14H20N2OS. The van der Waals surface area contributed by atoms with Crippen LogP contribution >= 0.6 is 11.3 Å². The second-order valence-electron chi connectivity index (χ2n) is 5.46. The van der Waals surface area contributed by atoms with Gasteiger partial charge in [0, 0.05) is 29.9 Å². The summed E-state index contributed by atoms with van der Waals surface area (Å²) in [7, 11) is 0. The number of nitrogens with zero attached hydrogens (tertiary/aromatic N) is 1. The number of carbonyl (C=O) groups is 1. The van der Waals surface area contributed by atoms with E-state index < -0.39 is 0 Å². The van der Waals surface area contributed by atoms with E-state index in [0.717, 1.165) is 38.9 Å². The van der Waals surface area contributed by atoms with E-state index >= 15 is 0 Å². The van der Waals surface area contributed by atoms with Gasteiger partial charge in [-0.3, -0.25) is 4.79 Å². The summed E-state index contributed by atoms with van der Waals surface area (Å²) in [6, 6.07) is 2.65. The van der Waals surface area contributed by atoms with Gasteiger partial charge in [0.05, 0.1) is 0 Å². The maximum atomic E-state index is 12.5. The van der Waals surface area contributed by atoms with E-state index in [1.807, 2.05) is 11.3 Å². The zero-order chi connectivity index (χ0) is 12.5. The molecule has 0 aromatic carbocycles. The van der Waals surface area contributed by atoms with Crippen LogP contribution in [0.15, 0.2) is 11.4 Å². The fourth-order valence-corrected chi connectivity index (χ4v) is 3.94. The third kappa shape index (κ3) is 2.31. The fraction of sp³-hybridized carbons (Fsp3) is 0.643. The molecule has 1 amide bonds. The number of fused-ring (bicyclic) bond motifs is 1. The first-order valence-corrected chi connectivity index (χ1v) is 7.69. The van der Waals surface area contributed by atoms with Crippen molar-refractivity contribution in [2.75, 3.05) is 13.1 Å². The highest BCUT2D eigenvalue weighted by atomic mass is 32.1. The Morgan fingerprint density at radius 3 is 3.28 bits per heavy atom. The van der Waals surface area contributed by atoms with Gasteiger partial charge in [0.15, 0.2) is 0 Å². The highest BCUT2D eigenvalue weighted by Gasteiger charge is 2.30. The third-order valence-corrected chi connectivity index (χ3v) is 5.12. The van der Waals surface area contributed by atoms with Crippen molar-refractivity contribution in [3.8, 4) is 0 Å². The Labute approximate surface area is 112 Å². The summed E-state index contributed by atoms with van der Waals surface area (Å²) in [4.78, 5) is 16.1. The van der Waals surface area contributed by atoms with Crippen molar-refractivity contribution in [3.63, 3.8) is 0 Å². The maximum Gasteiger partial charge on any atom is 0.226 e. The summed E-state index contributed by atoms with van der Waals surface area (Å²) in [6.07, 6.45) is 3.03. The molecule has 3 rings (SSSR count). The minimum absolute atomic E-state index is 0.237. The number of carbonyl (C=O) groups excluding carboxylic acids is 1. The zero-order valence-corrected chi connectivity index (χ0v) is 11.6. The molecule has 2 aliphatic heterocycles. The average molecular weight is 264 g/mol. The normalized spacial score (nSPS) is 27.9. The summed E-state index contributed by atoms with van der Waals surface area (Å²) in [5.41, 5.74) is 1.36. The molecule has 18 heavy (non-hydrogen) atoms. The summed E-state index contributed by atoms with van der Waals surface area (Å²) >= 11 is 1.83. The van der Waals surface area contributed by atoms with Crippen molar-refractivity contribution in [2.45, 2.75) is 38.8 Å². The van der Waals surface area contributed by atoms with Gasteiger partial charge in [-0.15, -0.1) is 11.3 Å². The van der Waals surface area contributed by atoms with E-state index in [4.69, 9.17) is 0 Å². The molecule has 0 spiro atoms. The Balaban J connectivity index is 1.67. The van der Waals surface area contributed by atoms with E-state index in [0.29, 0.717) is 11.9 Å². The Morgan fingerprint density at radius 1 is 1.56 bits per heavy atom. The Hall–Kier alpha value is -0.870. The van der Waals surface area contributed by atoms with Crippen LogP contribution in [-0.4, -0.2) is 29.9 Å². The van der Waals surface area contributed by atoms with Gasteiger partial charge in [-0.25, -0.2) is 0 Å². The summed E-state index contributed by atoms with van der Waals surface area (Å²) in [6.45, 7) is 4.89. The summed E-state index contributed by atoms with van der Waals surface area (Å²) in [5.74, 6) is 0.613. The van der Waals surface area contributed by atoms with Gasteiger partial charge in [0.2, 0.25) is 5.91 Å². The van der Waals surface area contributed by atoms with Crippen molar-refractivity contribution >= 4 is 17.2 Å². The topological polar surface area (TPSA) is 32.3 Å². The van der Waals surface area contributed by atoms with Crippen LogP contribution in [0, 0.1) is 5.92 Å². The van der Waals surface area contributed by atoms with Crippen LogP contribution < -0.4 is 5.32 Å². The van der Waals surface area contributed by atoms with Crippen LogP contribution in [0.3, 0.4) is 0 Å². The van der Waals surface area contributed by atoms with Crippen molar-refractivity contribution in [1.82, 2.24) is 10.2 Å². The summed E-state index contributed by atoms with van der Waals surface area (Å²) < 4.78 is 0. The molecule has 0 saturated carbocycles. The number of nitrogens with one attached hydrogen (secondary N) is 1. The first kappa shape index (κ1) is 12.2. The second-order valence-corrected chi connectivity index (χ2v) is 6.46. The lowest BCUT2D eigenvalue weighted by atomic mass is 9.91. The lowest BCUT2D eigenvalue weighted by Crippen LogP contribution is -2.45. The van der Waals surface area contributed by atoms with Crippen LogP contribution in [0.5, 0.6) is 0 Å².